The molecule has 0 aromatic heterocycles. The number of benzene rings is 3. The van der Waals surface area contributed by atoms with Crippen molar-refractivity contribution in [2.24, 2.45) is 0 Å². The highest BCUT2D eigenvalue weighted by Gasteiger charge is 2.31. The number of nitrogens with zero attached hydrogens (tertiary/aromatic N) is 1. The maximum absolute atomic E-state index is 14.0. The summed E-state index contributed by atoms with van der Waals surface area (Å²) in [5, 5.41) is 3.10. The van der Waals surface area contributed by atoms with Gasteiger partial charge < -0.3 is 10.2 Å². The summed E-state index contributed by atoms with van der Waals surface area (Å²) in [6.45, 7) is 8.47. The second-order valence-corrected chi connectivity index (χ2v) is 9.33. The van der Waals surface area contributed by atoms with Gasteiger partial charge in [0.1, 0.15) is 6.04 Å². The van der Waals surface area contributed by atoms with Crippen molar-refractivity contribution < 1.29 is 9.59 Å². The summed E-state index contributed by atoms with van der Waals surface area (Å²) in [5.41, 5.74) is 4.36. The lowest BCUT2D eigenvalue weighted by Crippen LogP contribution is -2.51. The van der Waals surface area contributed by atoms with E-state index in [-0.39, 0.29) is 23.8 Å². The average Bonchev–Trinajstić information content (AvgIpc) is 2.88. The third-order valence-electron chi connectivity index (χ3n) is 6.60. The van der Waals surface area contributed by atoms with Crippen LogP contribution in [0.2, 0.25) is 0 Å². The number of amides is 2. The van der Waals surface area contributed by atoms with Crippen LogP contribution in [0.25, 0.3) is 0 Å². The summed E-state index contributed by atoms with van der Waals surface area (Å²) < 4.78 is 0. The first-order valence-electron chi connectivity index (χ1n) is 12.7. The molecule has 3 aromatic carbocycles. The molecular formula is C31H38N2O2. The second kappa shape index (κ2) is 12.9. The molecule has 0 bridgehead atoms. The lowest BCUT2D eigenvalue weighted by atomic mass is 9.88. The second-order valence-electron chi connectivity index (χ2n) is 9.33. The van der Waals surface area contributed by atoms with Gasteiger partial charge in [-0.05, 0) is 43.4 Å². The molecule has 0 aliphatic carbocycles. The minimum atomic E-state index is -0.524. The highest BCUT2D eigenvalue weighted by molar-refractivity contribution is 5.88. The molecule has 3 aromatic rings. The van der Waals surface area contributed by atoms with E-state index in [1.807, 2.05) is 82.3 Å². The fraction of sp³-hybridized carbons (Fsp3) is 0.355. The Kier molecular flexibility index (Phi) is 9.66. The van der Waals surface area contributed by atoms with Crippen LogP contribution < -0.4 is 5.32 Å². The molecule has 4 heteroatoms. The van der Waals surface area contributed by atoms with Crippen LogP contribution in [0.3, 0.4) is 0 Å². The van der Waals surface area contributed by atoms with Gasteiger partial charge >= 0.3 is 0 Å². The van der Waals surface area contributed by atoms with Crippen molar-refractivity contribution in [1.29, 1.82) is 0 Å². The highest BCUT2D eigenvalue weighted by atomic mass is 16.2. The molecule has 0 radical (unpaired) electrons. The molecule has 0 unspecified atom stereocenters. The molecule has 0 spiro atoms. The van der Waals surface area contributed by atoms with Crippen LogP contribution in [-0.4, -0.2) is 28.8 Å². The molecule has 35 heavy (non-hydrogen) atoms. The quantitative estimate of drug-likeness (QED) is 0.361. The van der Waals surface area contributed by atoms with Crippen molar-refractivity contribution >= 4 is 11.8 Å². The smallest absolute Gasteiger partial charge is 0.243 e. The standard InChI is InChI=1S/C31H38N2O2/c1-5-24(4)32-31(35)29(6-2)33(22-25-15-13-14-23(3)20-25)30(34)21-28(26-16-9-7-10-17-26)27-18-11-8-12-19-27/h7-20,24,28-29H,5-6,21-22H2,1-4H3,(H,32,35)/t24-,29-/m1/s1. The summed E-state index contributed by atoms with van der Waals surface area (Å²) in [6.07, 6.45) is 1.70. The van der Waals surface area contributed by atoms with Crippen molar-refractivity contribution in [3.05, 3.63) is 107 Å². The predicted molar refractivity (Wildman–Crippen MR) is 143 cm³/mol. The summed E-state index contributed by atoms with van der Waals surface area (Å²) in [5.74, 6) is -0.186. The number of hydrogen-bond acceptors (Lipinski definition) is 2. The predicted octanol–water partition coefficient (Wildman–Crippen LogP) is 6.24. The van der Waals surface area contributed by atoms with E-state index in [9.17, 15) is 9.59 Å². The molecule has 0 fully saturated rings. The SMILES string of the molecule is CC[C@@H](C)NC(=O)[C@@H](CC)N(Cc1cccc(C)c1)C(=O)CC(c1ccccc1)c1ccccc1. The molecule has 2 amide bonds. The molecule has 0 saturated heterocycles. The van der Waals surface area contributed by atoms with Gasteiger partial charge in [-0.25, -0.2) is 0 Å². The van der Waals surface area contributed by atoms with Gasteiger partial charge in [-0.2, -0.15) is 0 Å². The first-order valence-corrected chi connectivity index (χ1v) is 12.7. The fourth-order valence-electron chi connectivity index (χ4n) is 4.46. The zero-order valence-electron chi connectivity index (χ0n) is 21.4. The third-order valence-corrected chi connectivity index (χ3v) is 6.60. The van der Waals surface area contributed by atoms with Crippen LogP contribution in [0.5, 0.6) is 0 Å². The highest BCUT2D eigenvalue weighted by Crippen LogP contribution is 2.29. The van der Waals surface area contributed by atoms with Crippen molar-refractivity contribution in [2.45, 2.75) is 71.5 Å². The van der Waals surface area contributed by atoms with Gasteiger partial charge in [-0.15, -0.1) is 0 Å². The third kappa shape index (κ3) is 7.29. The van der Waals surface area contributed by atoms with E-state index in [0.29, 0.717) is 19.4 Å². The number of rotatable bonds is 11. The zero-order valence-corrected chi connectivity index (χ0v) is 21.4. The summed E-state index contributed by atoms with van der Waals surface area (Å²) in [7, 11) is 0. The van der Waals surface area contributed by atoms with Crippen molar-refractivity contribution in [1.82, 2.24) is 10.2 Å². The number of hydrogen-bond donors (Lipinski definition) is 1. The Bertz CT molecular complexity index is 1040. The minimum absolute atomic E-state index is 0.0182. The van der Waals surface area contributed by atoms with Crippen LogP contribution in [0.15, 0.2) is 84.9 Å². The minimum Gasteiger partial charge on any atom is -0.352 e. The molecule has 1 N–H and O–H groups in total. The van der Waals surface area contributed by atoms with Crippen LogP contribution in [-0.2, 0) is 16.1 Å². The molecule has 0 aliphatic heterocycles. The first-order chi connectivity index (χ1) is 16.9. The van der Waals surface area contributed by atoms with Gasteiger partial charge in [0.05, 0.1) is 0 Å². The normalized spacial score (nSPS) is 12.7. The molecule has 4 nitrogen and oxygen atoms in total. The van der Waals surface area contributed by atoms with Gasteiger partial charge in [0, 0.05) is 24.9 Å². The lowest BCUT2D eigenvalue weighted by molar-refractivity contribution is -0.141. The molecule has 184 valence electrons. The summed E-state index contributed by atoms with van der Waals surface area (Å²) >= 11 is 0. The van der Waals surface area contributed by atoms with Gasteiger partial charge in [0.2, 0.25) is 11.8 Å². The van der Waals surface area contributed by atoms with Gasteiger partial charge in [0.15, 0.2) is 0 Å². The largest absolute Gasteiger partial charge is 0.352 e. The van der Waals surface area contributed by atoms with E-state index < -0.39 is 6.04 Å². The van der Waals surface area contributed by atoms with E-state index in [0.717, 1.165) is 28.7 Å². The fourth-order valence-corrected chi connectivity index (χ4v) is 4.46. The van der Waals surface area contributed by atoms with E-state index in [1.54, 1.807) is 4.90 Å². The van der Waals surface area contributed by atoms with Crippen LogP contribution >= 0.6 is 0 Å². The Morgan fingerprint density at radius 1 is 0.829 bits per heavy atom. The topological polar surface area (TPSA) is 49.4 Å². The van der Waals surface area contributed by atoms with Crippen molar-refractivity contribution in [3.63, 3.8) is 0 Å². The maximum Gasteiger partial charge on any atom is 0.243 e. The summed E-state index contributed by atoms with van der Waals surface area (Å²) in [6, 6.07) is 28.0. The van der Waals surface area contributed by atoms with Gasteiger partial charge in [-0.1, -0.05) is 104 Å². The van der Waals surface area contributed by atoms with Crippen LogP contribution in [0.1, 0.15) is 68.2 Å². The van der Waals surface area contributed by atoms with Crippen molar-refractivity contribution in [3.8, 4) is 0 Å². The van der Waals surface area contributed by atoms with Crippen LogP contribution in [0.4, 0.5) is 0 Å². The molecule has 0 aliphatic rings. The Hall–Kier alpha value is -3.40. The number of carbonyl (C=O) groups excluding carboxylic acids is 2. The molecular weight excluding hydrogens is 432 g/mol. The maximum atomic E-state index is 14.0. The Morgan fingerprint density at radius 3 is 1.94 bits per heavy atom. The first kappa shape index (κ1) is 26.2. The Morgan fingerprint density at radius 2 is 1.43 bits per heavy atom. The zero-order chi connectivity index (χ0) is 25.2. The van der Waals surface area contributed by atoms with E-state index in [4.69, 9.17) is 0 Å². The Labute approximate surface area is 210 Å². The molecule has 3 rings (SSSR count). The summed E-state index contributed by atoms with van der Waals surface area (Å²) in [4.78, 5) is 29.0. The van der Waals surface area contributed by atoms with E-state index >= 15 is 0 Å². The van der Waals surface area contributed by atoms with Gasteiger partial charge in [0.25, 0.3) is 0 Å². The molecule has 0 heterocycles. The number of nitrogens with one attached hydrogen (secondary N) is 1. The number of aryl methyl sites for hydroxylation is 1. The van der Waals surface area contributed by atoms with Crippen molar-refractivity contribution in [2.75, 3.05) is 0 Å². The number of carbonyl (C=O) groups is 2. The van der Waals surface area contributed by atoms with E-state index in [1.165, 1.54) is 0 Å². The average molecular weight is 471 g/mol. The van der Waals surface area contributed by atoms with Crippen LogP contribution in [0, 0.1) is 6.92 Å². The monoisotopic (exact) mass is 470 g/mol. The Balaban J connectivity index is 1.95. The van der Waals surface area contributed by atoms with E-state index in [2.05, 4.69) is 35.6 Å². The molecule has 0 saturated carbocycles. The lowest BCUT2D eigenvalue weighted by Gasteiger charge is -2.33. The van der Waals surface area contributed by atoms with Gasteiger partial charge in [-0.3, -0.25) is 9.59 Å². The molecule has 2 atom stereocenters.